The SMILES string of the molecule is CC(C)(C)OC(=O)N(CCC[C@H]1C[C@]1(C(=O)O)c1cn(-c2ccc3ccccc3n2)cn1)C(=O)OC(C)(C)C. The van der Waals surface area contributed by atoms with Crippen LogP contribution in [0, 0.1) is 5.92 Å². The van der Waals surface area contributed by atoms with Crippen molar-refractivity contribution in [3.63, 3.8) is 0 Å². The van der Waals surface area contributed by atoms with Crippen molar-refractivity contribution in [1.29, 1.82) is 0 Å². The molecule has 10 nitrogen and oxygen atoms in total. The van der Waals surface area contributed by atoms with Crippen molar-refractivity contribution in [2.24, 2.45) is 5.92 Å². The standard InChI is InChI=1S/C29H36N4O6/c1-27(2,3)38-25(36)33(26(37)39-28(4,5)6)15-9-11-20-16-29(20,24(34)35)22-17-32(18-30-22)23-14-13-19-10-7-8-12-21(19)31-23/h7-8,10,12-14,17-18,20H,9,11,15-16H2,1-6H3,(H,34,35)/t20-,29+/m0/s1. The summed E-state index contributed by atoms with van der Waals surface area (Å²) in [6.45, 7) is 10.4. The Morgan fingerprint density at radius 2 is 1.67 bits per heavy atom. The number of carbonyl (C=O) groups is 3. The number of para-hydroxylation sites is 1. The van der Waals surface area contributed by atoms with Crippen molar-refractivity contribution in [2.75, 3.05) is 6.54 Å². The van der Waals surface area contributed by atoms with Gasteiger partial charge >= 0.3 is 18.2 Å². The van der Waals surface area contributed by atoms with Crippen LogP contribution in [0.3, 0.4) is 0 Å². The van der Waals surface area contributed by atoms with E-state index in [-0.39, 0.29) is 12.5 Å². The number of aliphatic carboxylic acids is 1. The molecule has 3 aromatic rings. The van der Waals surface area contributed by atoms with E-state index in [1.165, 1.54) is 0 Å². The van der Waals surface area contributed by atoms with Crippen LogP contribution in [-0.2, 0) is 19.7 Å². The van der Waals surface area contributed by atoms with Crippen LogP contribution in [0.4, 0.5) is 9.59 Å². The summed E-state index contributed by atoms with van der Waals surface area (Å²) < 4.78 is 12.5. The Morgan fingerprint density at radius 1 is 1.03 bits per heavy atom. The number of carbonyl (C=O) groups excluding carboxylic acids is 2. The first-order valence-corrected chi connectivity index (χ1v) is 13.1. The molecule has 0 spiro atoms. The molecule has 2 amide bonds. The molecule has 1 saturated carbocycles. The first-order valence-electron chi connectivity index (χ1n) is 13.1. The molecule has 1 N–H and O–H groups in total. The second-order valence-electron chi connectivity index (χ2n) is 12.0. The fourth-order valence-electron chi connectivity index (χ4n) is 4.63. The largest absolute Gasteiger partial charge is 0.481 e. The predicted molar refractivity (Wildman–Crippen MR) is 145 cm³/mol. The second kappa shape index (κ2) is 10.3. The van der Waals surface area contributed by atoms with E-state index in [9.17, 15) is 19.5 Å². The summed E-state index contributed by atoms with van der Waals surface area (Å²) in [5.41, 5.74) is -1.39. The molecule has 0 saturated heterocycles. The minimum Gasteiger partial charge on any atom is -0.481 e. The fraction of sp³-hybridized carbons (Fsp3) is 0.483. The number of aromatic nitrogens is 3. The molecule has 0 aliphatic heterocycles. The third kappa shape index (κ3) is 6.38. The van der Waals surface area contributed by atoms with Gasteiger partial charge in [0.15, 0.2) is 0 Å². The third-order valence-corrected chi connectivity index (χ3v) is 6.54. The number of amides is 2. The maximum Gasteiger partial charge on any atom is 0.419 e. The highest BCUT2D eigenvalue weighted by Crippen LogP contribution is 2.56. The zero-order valence-corrected chi connectivity index (χ0v) is 23.3. The maximum atomic E-state index is 12.7. The zero-order chi connectivity index (χ0) is 28.6. The Labute approximate surface area is 227 Å². The maximum absolute atomic E-state index is 12.7. The van der Waals surface area contributed by atoms with Crippen molar-refractivity contribution in [2.45, 2.75) is 77.4 Å². The van der Waals surface area contributed by atoms with Gasteiger partial charge in [0.1, 0.15) is 28.8 Å². The number of nitrogens with zero attached hydrogens (tertiary/aromatic N) is 4. The normalized spacial score (nSPS) is 19.0. The first kappa shape index (κ1) is 28.1. The Balaban J connectivity index is 1.45. The van der Waals surface area contributed by atoms with Gasteiger partial charge < -0.3 is 14.6 Å². The number of hydrogen-bond acceptors (Lipinski definition) is 7. The number of benzene rings is 1. The van der Waals surface area contributed by atoms with Crippen LogP contribution < -0.4 is 0 Å². The average molecular weight is 537 g/mol. The van der Waals surface area contributed by atoms with Crippen molar-refractivity contribution in [1.82, 2.24) is 19.4 Å². The van der Waals surface area contributed by atoms with Crippen molar-refractivity contribution in [3.05, 3.63) is 54.6 Å². The summed E-state index contributed by atoms with van der Waals surface area (Å²) in [5.74, 6) is -0.488. The van der Waals surface area contributed by atoms with Crippen LogP contribution in [0.2, 0.25) is 0 Å². The molecule has 0 unspecified atom stereocenters. The smallest absolute Gasteiger partial charge is 0.419 e. The average Bonchev–Trinajstić information content (AvgIpc) is 3.35. The van der Waals surface area contributed by atoms with E-state index in [0.29, 0.717) is 30.8 Å². The van der Waals surface area contributed by atoms with Gasteiger partial charge in [-0.25, -0.2) is 24.5 Å². The van der Waals surface area contributed by atoms with Gasteiger partial charge in [-0.3, -0.25) is 9.36 Å². The summed E-state index contributed by atoms with van der Waals surface area (Å²) in [6, 6.07) is 11.6. The minimum atomic E-state index is -1.12. The number of rotatable bonds is 7. The molecule has 4 rings (SSSR count). The predicted octanol–water partition coefficient (Wildman–Crippen LogP) is 5.72. The van der Waals surface area contributed by atoms with Gasteiger partial charge in [0.25, 0.3) is 0 Å². The van der Waals surface area contributed by atoms with Gasteiger partial charge in [-0.15, -0.1) is 0 Å². The van der Waals surface area contributed by atoms with Gasteiger partial charge in [0.05, 0.1) is 11.2 Å². The quantitative estimate of drug-likeness (QED) is 0.407. The van der Waals surface area contributed by atoms with Crippen LogP contribution in [0.15, 0.2) is 48.9 Å². The summed E-state index contributed by atoms with van der Waals surface area (Å²) in [7, 11) is 0. The number of hydrogen-bond donors (Lipinski definition) is 1. The number of fused-ring (bicyclic) bond motifs is 1. The lowest BCUT2D eigenvalue weighted by Crippen LogP contribution is -2.44. The first-order chi connectivity index (χ1) is 18.2. The molecular formula is C29H36N4O6. The van der Waals surface area contributed by atoms with Crippen molar-refractivity contribution < 1.29 is 29.0 Å². The molecule has 2 heterocycles. The Bertz CT molecular complexity index is 1360. The number of imide groups is 1. The lowest BCUT2D eigenvalue weighted by atomic mass is 9.97. The van der Waals surface area contributed by atoms with Gasteiger partial charge in [0, 0.05) is 18.1 Å². The highest BCUT2D eigenvalue weighted by molar-refractivity contribution is 5.88. The van der Waals surface area contributed by atoms with Crippen LogP contribution in [0.5, 0.6) is 0 Å². The number of imidazole rings is 1. The Hall–Kier alpha value is -3.95. The van der Waals surface area contributed by atoms with E-state index in [4.69, 9.17) is 9.47 Å². The fourth-order valence-corrected chi connectivity index (χ4v) is 4.63. The van der Waals surface area contributed by atoms with E-state index in [1.807, 2.05) is 36.4 Å². The minimum absolute atomic E-state index is 0.0471. The summed E-state index contributed by atoms with van der Waals surface area (Å²) in [5, 5.41) is 11.2. The van der Waals surface area contributed by atoms with Gasteiger partial charge in [0.2, 0.25) is 0 Å². The molecular weight excluding hydrogens is 500 g/mol. The monoisotopic (exact) mass is 536 g/mol. The lowest BCUT2D eigenvalue weighted by Gasteiger charge is -2.28. The van der Waals surface area contributed by atoms with Gasteiger partial charge in [-0.1, -0.05) is 18.2 Å². The summed E-state index contributed by atoms with van der Waals surface area (Å²) >= 11 is 0. The molecule has 39 heavy (non-hydrogen) atoms. The Morgan fingerprint density at radius 3 is 2.28 bits per heavy atom. The van der Waals surface area contributed by atoms with E-state index in [1.54, 1.807) is 58.6 Å². The van der Waals surface area contributed by atoms with Crippen molar-refractivity contribution in [3.8, 4) is 5.82 Å². The number of ether oxygens (including phenoxy) is 2. The lowest BCUT2D eigenvalue weighted by molar-refractivity contribution is -0.140. The topological polar surface area (TPSA) is 124 Å². The van der Waals surface area contributed by atoms with Crippen LogP contribution in [0.25, 0.3) is 16.7 Å². The molecule has 0 radical (unpaired) electrons. The summed E-state index contributed by atoms with van der Waals surface area (Å²) in [6.07, 6.45) is 3.01. The highest BCUT2D eigenvalue weighted by Gasteiger charge is 2.62. The van der Waals surface area contributed by atoms with E-state index < -0.39 is 34.8 Å². The number of carboxylic acid groups (broad SMARTS) is 1. The molecule has 208 valence electrons. The van der Waals surface area contributed by atoms with Gasteiger partial charge in [-0.05, 0) is 84.9 Å². The van der Waals surface area contributed by atoms with E-state index >= 15 is 0 Å². The van der Waals surface area contributed by atoms with Crippen LogP contribution >= 0.6 is 0 Å². The number of pyridine rings is 1. The summed E-state index contributed by atoms with van der Waals surface area (Å²) in [4.78, 5) is 48.0. The zero-order valence-electron chi connectivity index (χ0n) is 23.3. The molecule has 1 aliphatic rings. The molecule has 0 bridgehead atoms. The Kier molecular flexibility index (Phi) is 7.42. The highest BCUT2D eigenvalue weighted by atomic mass is 16.6. The molecule has 2 aromatic heterocycles. The molecule has 1 aromatic carbocycles. The van der Waals surface area contributed by atoms with E-state index in [2.05, 4.69) is 9.97 Å². The van der Waals surface area contributed by atoms with Crippen molar-refractivity contribution >= 4 is 29.1 Å². The third-order valence-electron chi connectivity index (χ3n) is 6.54. The molecule has 10 heteroatoms. The van der Waals surface area contributed by atoms with Crippen LogP contribution in [0.1, 0.15) is 66.5 Å². The molecule has 1 aliphatic carbocycles. The van der Waals surface area contributed by atoms with E-state index in [0.717, 1.165) is 15.8 Å². The molecule has 2 atom stereocenters. The van der Waals surface area contributed by atoms with Crippen LogP contribution in [-0.4, -0.2) is 60.4 Å². The second-order valence-corrected chi connectivity index (χ2v) is 12.0. The molecule has 1 fully saturated rings. The van der Waals surface area contributed by atoms with Gasteiger partial charge in [-0.2, -0.15) is 0 Å². The number of carboxylic acids is 1.